The summed E-state index contributed by atoms with van der Waals surface area (Å²) in [4.78, 5) is 30.7. The van der Waals surface area contributed by atoms with Gasteiger partial charge < -0.3 is 14.1 Å². The lowest BCUT2D eigenvalue weighted by molar-refractivity contribution is -0.118. The number of nitrogens with zero attached hydrogens (tertiary/aromatic N) is 1. The topological polar surface area (TPSA) is 97.2 Å². The lowest BCUT2D eigenvalue weighted by atomic mass is 10.2. The minimum Gasteiger partial charge on any atom is -0.484 e. The number of rotatable bonds is 5. The van der Waals surface area contributed by atoms with E-state index in [0.29, 0.717) is 16.5 Å². The van der Waals surface area contributed by atoms with Crippen LogP contribution in [0.25, 0.3) is 22.4 Å². The Kier molecular flexibility index (Phi) is 4.24. The van der Waals surface area contributed by atoms with Crippen molar-refractivity contribution >= 4 is 33.3 Å². The number of hydrogen-bond acceptors (Lipinski definition) is 6. The number of aromatic nitrogens is 2. The Bertz CT molecular complexity index is 1110. The highest BCUT2D eigenvalue weighted by molar-refractivity contribution is 7.14. The van der Waals surface area contributed by atoms with Gasteiger partial charge in [0.25, 0.3) is 5.91 Å². The number of hydrogen-bond donors (Lipinski definition) is 2. The van der Waals surface area contributed by atoms with Crippen molar-refractivity contribution in [2.75, 3.05) is 11.9 Å². The first-order valence-electron chi connectivity index (χ1n) is 7.73. The minimum atomic E-state index is -0.436. The second-order valence-electron chi connectivity index (χ2n) is 5.41. The van der Waals surface area contributed by atoms with Crippen LogP contribution < -0.4 is 15.7 Å². The van der Waals surface area contributed by atoms with Crippen LogP contribution in [-0.4, -0.2) is 22.5 Å². The molecule has 0 fully saturated rings. The zero-order valence-corrected chi connectivity index (χ0v) is 14.2. The van der Waals surface area contributed by atoms with Crippen LogP contribution in [0.5, 0.6) is 5.75 Å². The second-order valence-corrected chi connectivity index (χ2v) is 6.27. The smallest absolute Gasteiger partial charge is 0.336 e. The van der Waals surface area contributed by atoms with Gasteiger partial charge in [-0.15, -0.1) is 11.3 Å². The fraction of sp³-hybridized carbons (Fsp3) is 0.0556. The molecule has 0 radical (unpaired) electrons. The number of anilines is 1. The molecule has 8 heteroatoms. The number of amides is 1. The van der Waals surface area contributed by atoms with Gasteiger partial charge in [0.15, 0.2) is 11.7 Å². The van der Waals surface area contributed by atoms with Crippen molar-refractivity contribution in [2.45, 2.75) is 0 Å². The molecule has 4 aromatic rings. The molecule has 0 unspecified atom stereocenters. The monoisotopic (exact) mass is 367 g/mol. The Balaban J connectivity index is 1.39. The van der Waals surface area contributed by atoms with E-state index in [1.807, 2.05) is 23.7 Å². The Labute approximate surface area is 151 Å². The lowest BCUT2D eigenvalue weighted by Crippen LogP contribution is -2.20. The van der Waals surface area contributed by atoms with Gasteiger partial charge in [-0.25, -0.2) is 9.78 Å². The van der Waals surface area contributed by atoms with E-state index in [4.69, 9.17) is 9.15 Å². The summed E-state index contributed by atoms with van der Waals surface area (Å²) < 4.78 is 10.6. The Morgan fingerprint density at radius 1 is 1.27 bits per heavy atom. The van der Waals surface area contributed by atoms with Crippen molar-refractivity contribution in [2.24, 2.45) is 0 Å². The fourth-order valence-electron chi connectivity index (χ4n) is 2.38. The molecule has 0 saturated heterocycles. The van der Waals surface area contributed by atoms with E-state index in [2.05, 4.69) is 15.3 Å². The number of ether oxygens (including phenoxy) is 1. The van der Waals surface area contributed by atoms with Gasteiger partial charge in [0, 0.05) is 29.1 Å². The Hall–Kier alpha value is -3.39. The molecular formula is C18H13N3O4S. The third kappa shape index (κ3) is 3.50. The first-order valence-corrected chi connectivity index (χ1v) is 8.61. The summed E-state index contributed by atoms with van der Waals surface area (Å²) in [5, 5.41) is 5.82. The van der Waals surface area contributed by atoms with Gasteiger partial charge in [0.05, 0.1) is 11.4 Å². The first kappa shape index (κ1) is 16.1. The molecule has 3 aromatic heterocycles. The molecule has 0 aliphatic carbocycles. The van der Waals surface area contributed by atoms with E-state index in [-0.39, 0.29) is 12.5 Å². The zero-order valence-electron chi connectivity index (χ0n) is 13.4. The number of aromatic amines is 1. The van der Waals surface area contributed by atoms with E-state index in [1.54, 1.807) is 24.3 Å². The third-order valence-corrected chi connectivity index (χ3v) is 4.35. The number of benzene rings is 1. The maximum absolute atomic E-state index is 12.0. The summed E-state index contributed by atoms with van der Waals surface area (Å²) in [7, 11) is 0. The highest BCUT2D eigenvalue weighted by Crippen LogP contribution is 2.23. The molecule has 0 atom stereocenters. The number of nitrogens with one attached hydrogen (secondary N) is 2. The number of thiazole rings is 1. The van der Waals surface area contributed by atoms with Gasteiger partial charge in [0.1, 0.15) is 11.3 Å². The van der Waals surface area contributed by atoms with Crippen LogP contribution in [0.2, 0.25) is 0 Å². The lowest BCUT2D eigenvalue weighted by Gasteiger charge is -2.06. The summed E-state index contributed by atoms with van der Waals surface area (Å²) in [6.07, 6.45) is 1.81. The molecule has 0 saturated carbocycles. The van der Waals surface area contributed by atoms with Crippen LogP contribution in [0.4, 0.5) is 5.13 Å². The second kappa shape index (κ2) is 6.85. The standard InChI is InChI=1S/C18H13N3O4S/c22-16(21-18-20-14(10-26-18)13-2-1-7-19-13)9-24-12-5-3-11-4-6-17(23)25-15(11)8-12/h1-8,10,19H,9H2,(H,20,21,22). The van der Waals surface area contributed by atoms with E-state index in [1.165, 1.54) is 17.4 Å². The van der Waals surface area contributed by atoms with Crippen molar-refractivity contribution in [1.29, 1.82) is 0 Å². The largest absolute Gasteiger partial charge is 0.484 e. The van der Waals surface area contributed by atoms with Crippen LogP contribution in [0.1, 0.15) is 0 Å². The van der Waals surface area contributed by atoms with E-state index in [0.717, 1.165) is 16.8 Å². The molecule has 3 heterocycles. The summed E-state index contributed by atoms with van der Waals surface area (Å²) in [6, 6.07) is 11.9. The molecule has 0 aliphatic heterocycles. The number of fused-ring (bicyclic) bond motifs is 1. The molecule has 1 amide bonds. The van der Waals surface area contributed by atoms with Gasteiger partial charge in [-0.1, -0.05) is 0 Å². The predicted octanol–water partition coefficient (Wildman–Crippen LogP) is 3.26. The van der Waals surface area contributed by atoms with Crippen LogP contribution in [0, 0.1) is 0 Å². The van der Waals surface area contributed by atoms with Crippen LogP contribution >= 0.6 is 11.3 Å². The van der Waals surface area contributed by atoms with Gasteiger partial charge in [-0.2, -0.15) is 0 Å². The van der Waals surface area contributed by atoms with Crippen molar-refractivity contribution < 1.29 is 13.9 Å². The molecule has 0 aliphatic rings. The number of H-pyrrole nitrogens is 1. The predicted molar refractivity (Wildman–Crippen MR) is 98.5 cm³/mol. The van der Waals surface area contributed by atoms with Crippen molar-refractivity contribution in [3.8, 4) is 17.1 Å². The molecule has 0 spiro atoms. The van der Waals surface area contributed by atoms with Crippen LogP contribution in [0.3, 0.4) is 0 Å². The molecule has 7 nitrogen and oxygen atoms in total. The SMILES string of the molecule is O=C(COc1ccc2ccc(=O)oc2c1)Nc1nc(-c2ccc[nH]2)cs1. The number of carbonyl (C=O) groups is 1. The van der Waals surface area contributed by atoms with Crippen molar-refractivity contribution in [1.82, 2.24) is 9.97 Å². The van der Waals surface area contributed by atoms with Crippen LogP contribution in [0.15, 0.2) is 63.3 Å². The maximum atomic E-state index is 12.0. The summed E-state index contributed by atoms with van der Waals surface area (Å²) in [5.41, 5.74) is 1.62. The first-order chi connectivity index (χ1) is 12.7. The van der Waals surface area contributed by atoms with E-state index >= 15 is 0 Å². The number of carbonyl (C=O) groups excluding carboxylic acids is 1. The molecule has 4 rings (SSSR count). The molecule has 0 bridgehead atoms. The molecule has 2 N–H and O–H groups in total. The average Bonchev–Trinajstić information content (AvgIpc) is 3.31. The van der Waals surface area contributed by atoms with Gasteiger partial charge in [-0.05, 0) is 30.3 Å². The minimum absolute atomic E-state index is 0.181. The molecule has 26 heavy (non-hydrogen) atoms. The molecule has 130 valence electrons. The third-order valence-electron chi connectivity index (χ3n) is 3.59. The van der Waals surface area contributed by atoms with Gasteiger partial charge >= 0.3 is 5.63 Å². The quantitative estimate of drug-likeness (QED) is 0.528. The zero-order chi connectivity index (χ0) is 17.9. The van der Waals surface area contributed by atoms with Crippen molar-refractivity contribution in [3.63, 3.8) is 0 Å². The summed E-state index contributed by atoms with van der Waals surface area (Å²) in [6.45, 7) is -0.181. The average molecular weight is 367 g/mol. The summed E-state index contributed by atoms with van der Waals surface area (Å²) >= 11 is 1.33. The molecule has 1 aromatic carbocycles. The normalized spacial score (nSPS) is 10.8. The Morgan fingerprint density at radius 2 is 2.15 bits per heavy atom. The van der Waals surface area contributed by atoms with E-state index in [9.17, 15) is 9.59 Å². The fourth-order valence-corrected chi connectivity index (χ4v) is 3.11. The highest BCUT2D eigenvalue weighted by Gasteiger charge is 2.09. The summed E-state index contributed by atoms with van der Waals surface area (Å²) in [5.74, 6) is 0.111. The van der Waals surface area contributed by atoms with Gasteiger partial charge in [0.2, 0.25) is 0 Å². The van der Waals surface area contributed by atoms with E-state index < -0.39 is 5.63 Å². The highest BCUT2D eigenvalue weighted by atomic mass is 32.1. The van der Waals surface area contributed by atoms with Crippen molar-refractivity contribution in [3.05, 3.63) is 64.5 Å². The maximum Gasteiger partial charge on any atom is 0.336 e. The van der Waals surface area contributed by atoms with Gasteiger partial charge in [-0.3, -0.25) is 10.1 Å². The van der Waals surface area contributed by atoms with Crippen LogP contribution in [-0.2, 0) is 4.79 Å². The Morgan fingerprint density at radius 3 is 3.00 bits per heavy atom. The molecular weight excluding hydrogens is 354 g/mol.